The lowest BCUT2D eigenvalue weighted by Gasteiger charge is -2.33. The third-order valence-electron chi connectivity index (χ3n) is 8.78. The molecule has 1 aliphatic rings. The van der Waals surface area contributed by atoms with Crippen LogP contribution < -0.4 is 31.9 Å². The normalized spacial score (nSPS) is 16.4. The highest BCUT2D eigenvalue weighted by molar-refractivity contribution is 6.38. The first kappa shape index (κ1) is 47.7. The quantitative estimate of drug-likeness (QED) is 0.0439. The number of hydrogen-bond donors (Lipinski definition) is 8. The van der Waals surface area contributed by atoms with Gasteiger partial charge in [0, 0.05) is 32.9 Å². The minimum Gasteiger partial charge on any atom is -0.481 e. The van der Waals surface area contributed by atoms with E-state index in [1.807, 2.05) is 0 Å². The van der Waals surface area contributed by atoms with Crippen molar-refractivity contribution in [3.05, 3.63) is 12.7 Å². The molecule has 1 unspecified atom stereocenters. The van der Waals surface area contributed by atoms with Gasteiger partial charge in [-0.1, -0.05) is 47.1 Å². The molecule has 8 N–H and O–H groups in total. The van der Waals surface area contributed by atoms with E-state index in [1.165, 1.54) is 11.0 Å². The van der Waals surface area contributed by atoms with Crippen LogP contribution in [0.5, 0.6) is 0 Å². The van der Waals surface area contributed by atoms with Gasteiger partial charge in [-0.2, -0.15) is 0 Å². The molecule has 7 amide bonds. The molecule has 0 saturated carbocycles. The lowest BCUT2D eigenvalue weighted by molar-refractivity contribution is -0.144. The van der Waals surface area contributed by atoms with Crippen LogP contribution in [0.25, 0.3) is 0 Å². The van der Waals surface area contributed by atoms with Crippen LogP contribution in [0, 0.1) is 11.8 Å². The van der Waals surface area contributed by atoms with Crippen molar-refractivity contribution in [3.63, 3.8) is 0 Å². The Balaban J connectivity index is 3.22. The maximum absolute atomic E-state index is 14.0. The second-order valence-corrected chi connectivity index (χ2v) is 14.0. The molecule has 0 bridgehead atoms. The topological polar surface area (TPSA) is 287 Å². The van der Waals surface area contributed by atoms with Crippen molar-refractivity contribution in [3.8, 4) is 0 Å². The highest BCUT2D eigenvalue weighted by Gasteiger charge is 2.41. The summed E-state index contributed by atoms with van der Waals surface area (Å²) in [7, 11) is 0. The molecule has 0 aromatic carbocycles. The van der Waals surface area contributed by atoms with Gasteiger partial charge in [-0.05, 0) is 43.9 Å². The zero-order chi connectivity index (χ0) is 42.0. The van der Waals surface area contributed by atoms with Gasteiger partial charge < -0.3 is 47.0 Å². The number of Topliss-reactive ketones (excluding diaryl/α,β-unsaturated/α-hetero) is 1. The van der Waals surface area contributed by atoms with E-state index in [4.69, 9.17) is 5.11 Å². The molecule has 0 spiro atoms. The Bertz CT molecular complexity index is 1450. The number of carbonyl (C=O) groups is 10. The standard InChI is InChI=1S/C36H57N7O12/c1-8-11-22(30(49)35(54)37-17-9-2)39-33(52)25-12-10-18-43(25)36(55)29(20(5)6)42-34(53)28(19(3)4)41-32(51)24(14-16-27(47)48)40-31(50)23(38-21(7)44)13-15-26(45)46/h9,19-20,22-25,28-29H,2,8,10-18H2,1,3-7H3,(H,37,54)(H,38,44)(H,39,52)(H,40,50)(H,41,51)(H,42,53)(H,45,46)(H,47,48)/t22?,23-,24-,25-,28-,29-/m0/s1. The second-order valence-electron chi connectivity index (χ2n) is 14.0. The van der Waals surface area contributed by atoms with E-state index in [1.54, 1.807) is 34.6 Å². The maximum Gasteiger partial charge on any atom is 0.303 e. The van der Waals surface area contributed by atoms with E-state index in [0.29, 0.717) is 12.8 Å². The van der Waals surface area contributed by atoms with Gasteiger partial charge in [0.2, 0.25) is 41.2 Å². The van der Waals surface area contributed by atoms with Crippen LogP contribution in [-0.2, 0) is 47.9 Å². The molecule has 1 aliphatic heterocycles. The number of amides is 7. The number of nitrogens with zero attached hydrogens (tertiary/aromatic N) is 1. The van der Waals surface area contributed by atoms with Gasteiger partial charge in [0.05, 0.1) is 6.04 Å². The summed E-state index contributed by atoms with van der Waals surface area (Å²) >= 11 is 0. The van der Waals surface area contributed by atoms with Crippen LogP contribution in [0.1, 0.15) is 92.9 Å². The smallest absolute Gasteiger partial charge is 0.303 e. The number of carboxylic acid groups (broad SMARTS) is 2. The minimum absolute atomic E-state index is 0.0599. The second kappa shape index (κ2) is 23.4. The molecule has 308 valence electrons. The number of hydrogen-bond acceptors (Lipinski definition) is 10. The molecule has 0 aromatic rings. The molecular weight excluding hydrogens is 722 g/mol. The number of aliphatic carboxylic acids is 2. The molecule has 1 rings (SSSR count). The number of carbonyl (C=O) groups excluding carboxylic acids is 8. The van der Waals surface area contributed by atoms with Gasteiger partial charge in [0.1, 0.15) is 30.2 Å². The first-order valence-electron chi connectivity index (χ1n) is 18.4. The summed E-state index contributed by atoms with van der Waals surface area (Å²) in [5, 5.41) is 33.2. The Kier molecular flexibility index (Phi) is 20.3. The third kappa shape index (κ3) is 15.9. The van der Waals surface area contributed by atoms with Crippen LogP contribution in [0.15, 0.2) is 12.7 Å². The summed E-state index contributed by atoms with van der Waals surface area (Å²) < 4.78 is 0. The zero-order valence-electron chi connectivity index (χ0n) is 32.4. The van der Waals surface area contributed by atoms with Gasteiger partial charge in [0.25, 0.3) is 5.91 Å². The summed E-state index contributed by atoms with van der Waals surface area (Å²) in [4.78, 5) is 128. The highest BCUT2D eigenvalue weighted by Crippen LogP contribution is 2.21. The van der Waals surface area contributed by atoms with Crippen LogP contribution in [-0.4, -0.2) is 124 Å². The molecule has 0 aromatic heterocycles. The Morgan fingerprint density at radius 2 is 1.25 bits per heavy atom. The van der Waals surface area contributed by atoms with Crippen molar-refractivity contribution >= 4 is 59.1 Å². The minimum atomic E-state index is -1.51. The Morgan fingerprint density at radius 3 is 1.75 bits per heavy atom. The number of rotatable bonds is 24. The van der Waals surface area contributed by atoms with E-state index in [2.05, 4.69) is 38.5 Å². The van der Waals surface area contributed by atoms with Crippen LogP contribution in [0.2, 0.25) is 0 Å². The Hall–Kier alpha value is -5.36. The fourth-order valence-electron chi connectivity index (χ4n) is 5.85. The number of carboxylic acids is 2. The molecule has 0 aliphatic carbocycles. The molecule has 6 atom stereocenters. The van der Waals surface area contributed by atoms with E-state index in [0.717, 1.165) is 6.92 Å². The molecule has 1 fully saturated rings. The van der Waals surface area contributed by atoms with Gasteiger partial charge >= 0.3 is 11.9 Å². The molecule has 1 saturated heterocycles. The molecular formula is C36H57N7O12. The Morgan fingerprint density at radius 1 is 0.727 bits per heavy atom. The van der Waals surface area contributed by atoms with E-state index in [-0.39, 0.29) is 32.4 Å². The van der Waals surface area contributed by atoms with Crippen LogP contribution in [0.4, 0.5) is 0 Å². The first-order valence-corrected chi connectivity index (χ1v) is 18.4. The molecule has 1 heterocycles. The number of nitrogens with one attached hydrogen (secondary N) is 6. The summed E-state index contributed by atoms with van der Waals surface area (Å²) in [6, 6.07) is -7.46. The molecule has 19 heteroatoms. The summed E-state index contributed by atoms with van der Waals surface area (Å²) in [5.41, 5.74) is 0. The largest absolute Gasteiger partial charge is 0.481 e. The average molecular weight is 780 g/mol. The van der Waals surface area contributed by atoms with Crippen molar-refractivity contribution in [1.82, 2.24) is 36.8 Å². The SMILES string of the molecule is C=CCNC(=O)C(=O)C(CCC)NC(=O)[C@@H]1CCCN1C(=O)[C@@H](NC(=O)[C@@H](NC(=O)[C@H](CCC(=O)O)NC(=O)[C@H](CCC(=O)O)NC(C)=O)C(C)C)C(C)C. The average Bonchev–Trinajstić information content (AvgIpc) is 3.60. The van der Waals surface area contributed by atoms with Crippen molar-refractivity contribution in [2.24, 2.45) is 11.8 Å². The first-order chi connectivity index (χ1) is 25.7. The van der Waals surface area contributed by atoms with Crippen LogP contribution in [0.3, 0.4) is 0 Å². The summed E-state index contributed by atoms with van der Waals surface area (Å²) in [6.07, 6.45) is 0.975. The predicted molar refractivity (Wildman–Crippen MR) is 197 cm³/mol. The number of ketones is 1. The molecule has 55 heavy (non-hydrogen) atoms. The van der Waals surface area contributed by atoms with Gasteiger partial charge in [-0.25, -0.2) is 0 Å². The highest BCUT2D eigenvalue weighted by atomic mass is 16.4. The number of likely N-dealkylation sites (tertiary alicyclic amines) is 1. The summed E-state index contributed by atoms with van der Waals surface area (Å²) in [6.45, 7) is 13.2. The maximum atomic E-state index is 14.0. The summed E-state index contributed by atoms with van der Waals surface area (Å²) in [5.74, 6) is -9.88. The van der Waals surface area contributed by atoms with Crippen LogP contribution >= 0.6 is 0 Å². The lowest BCUT2D eigenvalue weighted by Crippen LogP contribution is -2.61. The molecule has 19 nitrogen and oxygen atoms in total. The van der Waals surface area contributed by atoms with Crippen molar-refractivity contribution in [2.45, 2.75) is 129 Å². The third-order valence-corrected chi connectivity index (χ3v) is 8.78. The van der Waals surface area contributed by atoms with E-state index in [9.17, 15) is 53.1 Å². The van der Waals surface area contributed by atoms with Crippen molar-refractivity contribution in [1.29, 1.82) is 0 Å². The predicted octanol–water partition coefficient (Wildman–Crippen LogP) is -0.866. The van der Waals surface area contributed by atoms with Gasteiger partial charge in [-0.15, -0.1) is 6.58 Å². The Labute approximate surface area is 320 Å². The van der Waals surface area contributed by atoms with Gasteiger partial charge in [-0.3, -0.25) is 47.9 Å². The lowest BCUT2D eigenvalue weighted by atomic mass is 9.98. The van der Waals surface area contributed by atoms with Crippen molar-refractivity contribution < 1.29 is 58.2 Å². The van der Waals surface area contributed by atoms with Gasteiger partial charge in [0.15, 0.2) is 0 Å². The van der Waals surface area contributed by atoms with E-state index >= 15 is 0 Å². The fraction of sp³-hybridized carbons (Fsp3) is 0.667. The fourth-order valence-corrected chi connectivity index (χ4v) is 5.85. The molecule has 0 radical (unpaired) electrons. The monoisotopic (exact) mass is 779 g/mol. The van der Waals surface area contributed by atoms with E-state index < -0.39 is 126 Å². The zero-order valence-corrected chi connectivity index (χ0v) is 32.4. The van der Waals surface area contributed by atoms with Crippen molar-refractivity contribution in [2.75, 3.05) is 13.1 Å².